The SMILES string of the molecule is Cc1ccccc1CC(=O)Nc1ccc(S(=O)(=O)NC2=NCCCCC2)cc1. The van der Waals surface area contributed by atoms with E-state index in [-0.39, 0.29) is 17.2 Å². The maximum atomic E-state index is 12.5. The third kappa shape index (κ3) is 5.42. The summed E-state index contributed by atoms with van der Waals surface area (Å²) in [5.74, 6) is 0.379. The number of anilines is 1. The van der Waals surface area contributed by atoms with Crippen LogP contribution < -0.4 is 10.0 Å². The van der Waals surface area contributed by atoms with Gasteiger partial charge in [0.15, 0.2) is 0 Å². The molecule has 28 heavy (non-hydrogen) atoms. The molecule has 0 aliphatic carbocycles. The van der Waals surface area contributed by atoms with Crippen molar-refractivity contribution >= 4 is 27.5 Å². The van der Waals surface area contributed by atoms with Crippen LogP contribution in [0.3, 0.4) is 0 Å². The Hall–Kier alpha value is -2.67. The van der Waals surface area contributed by atoms with Gasteiger partial charge in [-0.3, -0.25) is 14.5 Å². The Labute approximate surface area is 166 Å². The van der Waals surface area contributed by atoms with Crippen LogP contribution in [0.5, 0.6) is 0 Å². The summed E-state index contributed by atoms with van der Waals surface area (Å²) in [7, 11) is -3.67. The summed E-state index contributed by atoms with van der Waals surface area (Å²) in [4.78, 5) is 16.7. The van der Waals surface area contributed by atoms with Crippen LogP contribution in [0.2, 0.25) is 0 Å². The van der Waals surface area contributed by atoms with Gasteiger partial charge < -0.3 is 5.32 Å². The molecular weight excluding hydrogens is 374 g/mol. The highest BCUT2D eigenvalue weighted by Crippen LogP contribution is 2.16. The monoisotopic (exact) mass is 399 g/mol. The summed E-state index contributed by atoms with van der Waals surface area (Å²) in [5.41, 5.74) is 2.59. The number of amides is 1. The number of carbonyl (C=O) groups excluding carboxylic acids is 1. The second-order valence-electron chi connectivity index (χ2n) is 6.92. The molecule has 0 spiro atoms. The first-order valence-electron chi connectivity index (χ1n) is 9.44. The third-order valence-electron chi connectivity index (χ3n) is 4.69. The number of sulfonamides is 1. The molecule has 2 aromatic carbocycles. The molecule has 0 atom stereocenters. The first kappa shape index (κ1) is 20.1. The lowest BCUT2D eigenvalue weighted by molar-refractivity contribution is -0.115. The summed E-state index contributed by atoms with van der Waals surface area (Å²) in [6.07, 6.45) is 3.90. The van der Waals surface area contributed by atoms with Crippen molar-refractivity contribution in [3.05, 3.63) is 59.7 Å². The van der Waals surface area contributed by atoms with E-state index in [9.17, 15) is 13.2 Å². The molecule has 0 saturated heterocycles. The Morgan fingerprint density at radius 2 is 1.79 bits per heavy atom. The summed E-state index contributed by atoms with van der Waals surface area (Å²) in [5, 5.41) is 2.81. The van der Waals surface area contributed by atoms with Crippen molar-refractivity contribution in [2.45, 2.75) is 43.9 Å². The Morgan fingerprint density at radius 1 is 1.04 bits per heavy atom. The van der Waals surface area contributed by atoms with E-state index < -0.39 is 10.0 Å². The van der Waals surface area contributed by atoms with Gasteiger partial charge in [0.1, 0.15) is 5.84 Å². The molecule has 3 rings (SSSR count). The van der Waals surface area contributed by atoms with E-state index in [1.807, 2.05) is 31.2 Å². The van der Waals surface area contributed by atoms with E-state index >= 15 is 0 Å². The molecule has 0 aromatic heterocycles. The molecule has 0 fully saturated rings. The van der Waals surface area contributed by atoms with Crippen LogP contribution in [-0.2, 0) is 21.2 Å². The van der Waals surface area contributed by atoms with Crippen LogP contribution in [0.4, 0.5) is 5.69 Å². The van der Waals surface area contributed by atoms with Gasteiger partial charge in [-0.2, -0.15) is 0 Å². The number of carbonyl (C=O) groups is 1. The molecular formula is C21H25N3O3S. The fourth-order valence-corrected chi connectivity index (χ4v) is 4.16. The van der Waals surface area contributed by atoms with Crippen LogP contribution >= 0.6 is 0 Å². The summed E-state index contributed by atoms with van der Waals surface area (Å²) in [6, 6.07) is 13.9. The average molecular weight is 400 g/mol. The van der Waals surface area contributed by atoms with E-state index in [2.05, 4.69) is 15.0 Å². The average Bonchev–Trinajstić information content (AvgIpc) is 2.92. The van der Waals surface area contributed by atoms with Gasteiger partial charge in [-0.1, -0.05) is 30.7 Å². The number of rotatable bonds is 5. The lowest BCUT2D eigenvalue weighted by Crippen LogP contribution is -2.30. The van der Waals surface area contributed by atoms with Gasteiger partial charge >= 0.3 is 0 Å². The van der Waals surface area contributed by atoms with Crippen LogP contribution in [0.1, 0.15) is 36.8 Å². The van der Waals surface area contributed by atoms with E-state index in [1.165, 1.54) is 12.1 Å². The maximum Gasteiger partial charge on any atom is 0.262 e. The van der Waals surface area contributed by atoms with Crippen molar-refractivity contribution in [3.8, 4) is 0 Å². The van der Waals surface area contributed by atoms with Gasteiger partial charge in [0, 0.05) is 18.7 Å². The summed E-state index contributed by atoms with van der Waals surface area (Å²) < 4.78 is 27.7. The second kappa shape index (κ2) is 9.01. The van der Waals surface area contributed by atoms with E-state index in [0.29, 0.717) is 24.5 Å². The molecule has 148 valence electrons. The molecule has 0 bridgehead atoms. The van der Waals surface area contributed by atoms with Crippen LogP contribution in [0.15, 0.2) is 58.4 Å². The summed E-state index contributed by atoms with van der Waals surface area (Å²) in [6.45, 7) is 2.62. The van der Waals surface area contributed by atoms with Crippen molar-refractivity contribution in [2.75, 3.05) is 11.9 Å². The third-order valence-corrected chi connectivity index (χ3v) is 6.08. The molecule has 1 aliphatic rings. The standard InChI is InChI=1S/C21H25N3O3S/c1-16-7-4-5-8-17(16)15-21(25)23-18-10-12-19(13-11-18)28(26,27)24-20-9-3-2-6-14-22-20/h4-5,7-8,10-13H,2-3,6,9,14-15H2,1H3,(H,22,24)(H,23,25). The molecule has 2 N–H and O–H groups in total. The molecule has 7 heteroatoms. The van der Waals surface area contributed by atoms with Crippen molar-refractivity contribution in [3.63, 3.8) is 0 Å². The highest BCUT2D eigenvalue weighted by Gasteiger charge is 2.17. The Balaban J connectivity index is 1.63. The van der Waals surface area contributed by atoms with Crippen LogP contribution in [0, 0.1) is 6.92 Å². The number of aryl methyl sites for hydroxylation is 1. The first-order chi connectivity index (χ1) is 13.4. The molecule has 1 amide bonds. The van der Waals surface area contributed by atoms with Gasteiger partial charge in [-0.25, -0.2) is 8.42 Å². The van der Waals surface area contributed by atoms with Crippen molar-refractivity contribution in [1.82, 2.24) is 4.72 Å². The van der Waals surface area contributed by atoms with Gasteiger partial charge in [0.05, 0.1) is 11.3 Å². The fourth-order valence-electron chi connectivity index (χ4n) is 3.08. The number of hydrogen-bond acceptors (Lipinski definition) is 4. The minimum Gasteiger partial charge on any atom is -0.326 e. The van der Waals surface area contributed by atoms with Crippen molar-refractivity contribution in [2.24, 2.45) is 4.99 Å². The molecule has 0 radical (unpaired) electrons. The lowest BCUT2D eigenvalue weighted by atomic mass is 10.1. The number of hydrogen-bond donors (Lipinski definition) is 2. The molecule has 0 unspecified atom stereocenters. The molecule has 0 saturated carbocycles. The van der Waals surface area contributed by atoms with Crippen LogP contribution in [0.25, 0.3) is 0 Å². The number of amidine groups is 1. The molecule has 6 nitrogen and oxygen atoms in total. The number of aliphatic imine (C=N–C) groups is 1. The predicted octanol–water partition coefficient (Wildman–Crippen LogP) is 3.43. The number of benzene rings is 2. The Bertz CT molecular complexity index is 967. The highest BCUT2D eigenvalue weighted by molar-refractivity contribution is 7.90. The summed E-state index contributed by atoms with van der Waals surface area (Å²) >= 11 is 0. The molecule has 1 aliphatic heterocycles. The van der Waals surface area contributed by atoms with Gasteiger partial charge in [0.25, 0.3) is 10.0 Å². The predicted molar refractivity (Wildman–Crippen MR) is 111 cm³/mol. The molecule has 2 aromatic rings. The zero-order valence-electron chi connectivity index (χ0n) is 15.9. The molecule has 1 heterocycles. The van der Waals surface area contributed by atoms with Gasteiger partial charge in [-0.05, 0) is 55.2 Å². The van der Waals surface area contributed by atoms with E-state index in [4.69, 9.17) is 0 Å². The quantitative estimate of drug-likeness (QED) is 0.807. The topological polar surface area (TPSA) is 87.6 Å². The van der Waals surface area contributed by atoms with E-state index in [1.54, 1.807) is 12.1 Å². The van der Waals surface area contributed by atoms with Crippen molar-refractivity contribution in [1.29, 1.82) is 0 Å². The Kier molecular flexibility index (Phi) is 6.46. The lowest BCUT2D eigenvalue weighted by Gasteiger charge is -2.11. The first-order valence-corrected chi connectivity index (χ1v) is 10.9. The fraction of sp³-hybridized carbons (Fsp3) is 0.333. The highest BCUT2D eigenvalue weighted by atomic mass is 32.2. The van der Waals surface area contributed by atoms with E-state index in [0.717, 1.165) is 30.4 Å². The smallest absolute Gasteiger partial charge is 0.262 e. The second-order valence-corrected chi connectivity index (χ2v) is 8.60. The number of nitrogens with one attached hydrogen (secondary N) is 2. The van der Waals surface area contributed by atoms with Crippen molar-refractivity contribution < 1.29 is 13.2 Å². The maximum absolute atomic E-state index is 12.5. The number of nitrogens with zero attached hydrogens (tertiary/aromatic N) is 1. The largest absolute Gasteiger partial charge is 0.326 e. The normalized spacial score (nSPS) is 14.7. The zero-order valence-corrected chi connectivity index (χ0v) is 16.8. The van der Waals surface area contributed by atoms with Gasteiger partial charge in [-0.15, -0.1) is 0 Å². The Morgan fingerprint density at radius 3 is 2.54 bits per heavy atom. The van der Waals surface area contributed by atoms with Crippen LogP contribution in [-0.4, -0.2) is 26.7 Å². The minimum absolute atomic E-state index is 0.143. The zero-order chi connectivity index (χ0) is 20.0. The van der Waals surface area contributed by atoms with Gasteiger partial charge in [0.2, 0.25) is 5.91 Å². The minimum atomic E-state index is -3.67.